The van der Waals surface area contributed by atoms with Gasteiger partial charge in [-0.3, -0.25) is 4.79 Å². The first-order valence-electron chi connectivity index (χ1n) is 8.18. The third-order valence-electron chi connectivity index (χ3n) is 4.55. The predicted octanol–water partition coefficient (Wildman–Crippen LogP) is 1.42. The smallest absolute Gasteiger partial charge is 0.251 e. The zero-order valence-corrected chi connectivity index (χ0v) is 15.1. The number of rotatable bonds is 6. The van der Waals surface area contributed by atoms with Crippen LogP contribution in [0.3, 0.4) is 0 Å². The Labute approximate surface area is 149 Å². The molecular weight excluding hydrogens is 350 g/mol. The van der Waals surface area contributed by atoms with Gasteiger partial charge in [-0.15, -0.1) is 12.4 Å². The summed E-state index contributed by atoms with van der Waals surface area (Å²) in [5, 5.41) is 6.19. The topological polar surface area (TPSA) is 87.3 Å². The van der Waals surface area contributed by atoms with E-state index >= 15 is 0 Å². The molecule has 3 rings (SSSR count). The van der Waals surface area contributed by atoms with E-state index in [2.05, 4.69) is 15.4 Å². The first kappa shape index (κ1) is 19.2. The minimum absolute atomic E-state index is 0. The Morgan fingerprint density at radius 2 is 1.83 bits per heavy atom. The van der Waals surface area contributed by atoms with Crippen LogP contribution in [0.25, 0.3) is 0 Å². The van der Waals surface area contributed by atoms with Crippen LogP contribution >= 0.6 is 12.4 Å². The van der Waals surface area contributed by atoms with E-state index in [1.54, 1.807) is 12.1 Å². The van der Waals surface area contributed by atoms with Gasteiger partial charge in [0, 0.05) is 24.2 Å². The first-order valence-corrected chi connectivity index (χ1v) is 9.67. The quantitative estimate of drug-likeness (QED) is 0.703. The fourth-order valence-corrected chi connectivity index (χ4v) is 3.91. The fraction of sp³-hybridized carbons (Fsp3) is 0.562. The van der Waals surface area contributed by atoms with Crippen molar-refractivity contribution in [2.45, 2.75) is 49.1 Å². The van der Waals surface area contributed by atoms with Gasteiger partial charge in [0.1, 0.15) is 0 Å². The molecule has 1 aromatic carbocycles. The Hall–Kier alpha value is -1.15. The largest absolute Gasteiger partial charge is 0.349 e. The van der Waals surface area contributed by atoms with Crippen molar-refractivity contribution in [3.8, 4) is 0 Å². The van der Waals surface area contributed by atoms with Crippen molar-refractivity contribution < 1.29 is 13.2 Å². The Kier molecular flexibility index (Phi) is 6.62. The molecule has 1 aliphatic heterocycles. The van der Waals surface area contributed by atoms with Crippen molar-refractivity contribution in [3.05, 3.63) is 29.8 Å². The van der Waals surface area contributed by atoms with Crippen LogP contribution in [0, 0.1) is 0 Å². The zero-order chi connectivity index (χ0) is 16.3. The molecule has 2 fully saturated rings. The SMILES string of the molecule is Cl.O=C(NC1CCC1)c1ccc(S(=O)(=O)NC[C@@H]2CCCN2)cc1. The number of amides is 1. The maximum atomic E-state index is 12.3. The van der Waals surface area contributed by atoms with Gasteiger partial charge in [-0.2, -0.15) is 0 Å². The van der Waals surface area contributed by atoms with E-state index in [0.717, 1.165) is 38.6 Å². The van der Waals surface area contributed by atoms with Crippen LogP contribution in [-0.4, -0.2) is 39.5 Å². The normalized spacial score (nSPS) is 20.9. The zero-order valence-electron chi connectivity index (χ0n) is 13.5. The van der Waals surface area contributed by atoms with Gasteiger partial charge in [0.15, 0.2) is 0 Å². The number of sulfonamides is 1. The molecule has 1 aliphatic carbocycles. The molecule has 134 valence electrons. The minimum atomic E-state index is -3.53. The Morgan fingerprint density at radius 3 is 2.38 bits per heavy atom. The van der Waals surface area contributed by atoms with Crippen LogP contribution in [0.5, 0.6) is 0 Å². The van der Waals surface area contributed by atoms with E-state index in [4.69, 9.17) is 0 Å². The number of carbonyl (C=O) groups excluding carboxylic acids is 1. The van der Waals surface area contributed by atoms with Crippen LogP contribution in [0.1, 0.15) is 42.5 Å². The molecule has 0 bridgehead atoms. The monoisotopic (exact) mass is 373 g/mol. The second kappa shape index (κ2) is 8.29. The number of carbonyl (C=O) groups is 1. The third-order valence-corrected chi connectivity index (χ3v) is 5.99. The number of hydrogen-bond donors (Lipinski definition) is 3. The highest BCUT2D eigenvalue weighted by Crippen LogP contribution is 2.19. The summed E-state index contributed by atoms with van der Waals surface area (Å²) in [6, 6.07) is 6.58. The van der Waals surface area contributed by atoms with Gasteiger partial charge in [-0.25, -0.2) is 13.1 Å². The molecule has 1 aromatic rings. The second-order valence-corrected chi connectivity index (χ2v) is 8.04. The Balaban J connectivity index is 0.00000208. The summed E-state index contributed by atoms with van der Waals surface area (Å²) in [6.07, 6.45) is 5.28. The molecule has 3 N–H and O–H groups in total. The summed E-state index contributed by atoms with van der Waals surface area (Å²) in [5.74, 6) is -0.137. The van der Waals surface area contributed by atoms with Crippen LogP contribution in [0.2, 0.25) is 0 Å². The molecule has 8 heteroatoms. The van der Waals surface area contributed by atoms with Crippen molar-refractivity contribution >= 4 is 28.3 Å². The first-order chi connectivity index (χ1) is 11.0. The maximum Gasteiger partial charge on any atom is 0.251 e. The molecule has 1 amide bonds. The molecule has 0 radical (unpaired) electrons. The van der Waals surface area contributed by atoms with Crippen molar-refractivity contribution in [2.75, 3.05) is 13.1 Å². The molecule has 0 aromatic heterocycles. The summed E-state index contributed by atoms with van der Waals surface area (Å²) >= 11 is 0. The molecule has 1 saturated carbocycles. The molecule has 24 heavy (non-hydrogen) atoms. The van der Waals surface area contributed by atoms with Gasteiger partial charge in [-0.1, -0.05) is 0 Å². The summed E-state index contributed by atoms with van der Waals surface area (Å²) in [5.41, 5.74) is 0.494. The maximum absolute atomic E-state index is 12.3. The van der Waals surface area contributed by atoms with Crippen LogP contribution in [-0.2, 0) is 10.0 Å². The molecule has 1 saturated heterocycles. The minimum Gasteiger partial charge on any atom is -0.349 e. The highest BCUT2D eigenvalue weighted by molar-refractivity contribution is 7.89. The van der Waals surface area contributed by atoms with E-state index in [-0.39, 0.29) is 35.3 Å². The van der Waals surface area contributed by atoms with Gasteiger partial charge in [0.2, 0.25) is 10.0 Å². The van der Waals surface area contributed by atoms with E-state index in [0.29, 0.717) is 12.1 Å². The summed E-state index contributed by atoms with van der Waals surface area (Å²) < 4.78 is 27.2. The molecular formula is C16H24ClN3O3S. The van der Waals surface area contributed by atoms with E-state index in [1.807, 2.05) is 0 Å². The second-order valence-electron chi connectivity index (χ2n) is 6.27. The van der Waals surface area contributed by atoms with Gasteiger partial charge in [0.25, 0.3) is 5.91 Å². The lowest BCUT2D eigenvalue weighted by atomic mass is 9.93. The lowest BCUT2D eigenvalue weighted by Crippen LogP contribution is -2.39. The van der Waals surface area contributed by atoms with E-state index in [9.17, 15) is 13.2 Å². The Morgan fingerprint density at radius 1 is 1.12 bits per heavy atom. The van der Waals surface area contributed by atoms with Crippen LogP contribution in [0.15, 0.2) is 29.2 Å². The highest BCUT2D eigenvalue weighted by Gasteiger charge is 2.21. The number of halogens is 1. The Bertz CT molecular complexity index is 654. The lowest BCUT2D eigenvalue weighted by molar-refractivity contribution is 0.0917. The third kappa shape index (κ3) is 4.69. The van der Waals surface area contributed by atoms with E-state index in [1.165, 1.54) is 12.1 Å². The van der Waals surface area contributed by atoms with E-state index < -0.39 is 10.0 Å². The van der Waals surface area contributed by atoms with Gasteiger partial charge < -0.3 is 10.6 Å². The van der Waals surface area contributed by atoms with Gasteiger partial charge >= 0.3 is 0 Å². The standard InChI is InChI=1S/C16H23N3O3S.ClH/c20-16(19-13-3-1-4-13)12-6-8-15(9-7-12)23(21,22)18-11-14-5-2-10-17-14;/h6-9,13-14,17-18H,1-5,10-11H2,(H,19,20);1H/t14-;/m0./s1. The average Bonchev–Trinajstić information content (AvgIpc) is 3.02. The average molecular weight is 374 g/mol. The number of hydrogen-bond acceptors (Lipinski definition) is 4. The lowest BCUT2D eigenvalue weighted by Gasteiger charge is -2.26. The fourth-order valence-electron chi connectivity index (χ4n) is 2.83. The number of benzene rings is 1. The van der Waals surface area contributed by atoms with Crippen LogP contribution < -0.4 is 15.4 Å². The van der Waals surface area contributed by atoms with Crippen molar-refractivity contribution in [1.29, 1.82) is 0 Å². The molecule has 2 aliphatic rings. The van der Waals surface area contributed by atoms with Crippen molar-refractivity contribution in [2.24, 2.45) is 0 Å². The molecule has 0 spiro atoms. The summed E-state index contributed by atoms with van der Waals surface area (Å²) in [6.45, 7) is 1.34. The van der Waals surface area contributed by atoms with Gasteiger partial charge in [-0.05, 0) is 62.9 Å². The predicted molar refractivity (Wildman–Crippen MR) is 95.0 cm³/mol. The van der Waals surface area contributed by atoms with Gasteiger partial charge in [0.05, 0.1) is 4.90 Å². The highest BCUT2D eigenvalue weighted by atomic mass is 35.5. The van der Waals surface area contributed by atoms with Crippen molar-refractivity contribution in [1.82, 2.24) is 15.4 Å². The summed E-state index contributed by atoms with van der Waals surface area (Å²) in [4.78, 5) is 12.2. The van der Waals surface area contributed by atoms with Crippen molar-refractivity contribution in [3.63, 3.8) is 0 Å². The molecule has 0 unspecified atom stereocenters. The molecule has 6 nitrogen and oxygen atoms in total. The summed E-state index contributed by atoms with van der Waals surface area (Å²) in [7, 11) is -3.53. The number of nitrogens with one attached hydrogen (secondary N) is 3. The molecule has 1 heterocycles. The molecule has 1 atom stereocenters. The van der Waals surface area contributed by atoms with Crippen LogP contribution in [0.4, 0.5) is 0 Å².